The Hall–Kier alpha value is -1.13. The van der Waals surface area contributed by atoms with Gasteiger partial charge in [0.2, 0.25) is 0 Å². The number of aromatic nitrogens is 2. The molecule has 3 rings (SSSR count). The standard InChI is InChI=1S/C13H14BrN3/c14-10-3-1-9-2-4-13(12(9)5-10)16-7-11-6-15-8-17-11/h1,3,5-6,8,13,16H,2,4,7H2,(H,15,17). The van der Waals surface area contributed by atoms with E-state index < -0.39 is 0 Å². The molecule has 0 saturated heterocycles. The summed E-state index contributed by atoms with van der Waals surface area (Å²) in [5.41, 5.74) is 4.03. The molecular formula is C13H14BrN3. The van der Waals surface area contributed by atoms with Crippen molar-refractivity contribution in [2.45, 2.75) is 25.4 Å². The number of rotatable bonds is 3. The lowest BCUT2D eigenvalue weighted by Crippen LogP contribution is -2.18. The number of nitrogens with zero attached hydrogens (tertiary/aromatic N) is 1. The number of imidazole rings is 1. The van der Waals surface area contributed by atoms with Crippen molar-refractivity contribution in [1.82, 2.24) is 15.3 Å². The van der Waals surface area contributed by atoms with Crippen molar-refractivity contribution in [3.63, 3.8) is 0 Å². The van der Waals surface area contributed by atoms with E-state index in [2.05, 4.69) is 49.4 Å². The summed E-state index contributed by atoms with van der Waals surface area (Å²) in [5, 5.41) is 3.58. The smallest absolute Gasteiger partial charge is 0.0922 e. The van der Waals surface area contributed by atoms with Crippen molar-refractivity contribution in [2.75, 3.05) is 0 Å². The molecule has 0 amide bonds. The Bertz CT molecular complexity index is 507. The van der Waals surface area contributed by atoms with Crippen molar-refractivity contribution >= 4 is 15.9 Å². The fourth-order valence-electron chi connectivity index (χ4n) is 2.40. The fourth-order valence-corrected chi connectivity index (χ4v) is 2.78. The summed E-state index contributed by atoms with van der Waals surface area (Å²) in [4.78, 5) is 7.14. The van der Waals surface area contributed by atoms with Crippen molar-refractivity contribution in [1.29, 1.82) is 0 Å². The number of hydrogen-bond acceptors (Lipinski definition) is 2. The van der Waals surface area contributed by atoms with Crippen LogP contribution in [-0.4, -0.2) is 9.97 Å². The normalized spacial score (nSPS) is 18.3. The fraction of sp³-hybridized carbons (Fsp3) is 0.308. The lowest BCUT2D eigenvalue weighted by atomic mass is 10.1. The molecule has 0 saturated carbocycles. The van der Waals surface area contributed by atoms with Crippen LogP contribution in [0.5, 0.6) is 0 Å². The SMILES string of the molecule is Brc1ccc2c(c1)C(NCc1cnc[nH]1)CC2. The van der Waals surface area contributed by atoms with Crippen LogP contribution in [0.2, 0.25) is 0 Å². The summed E-state index contributed by atoms with van der Waals surface area (Å²) in [6.45, 7) is 0.844. The van der Waals surface area contributed by atoms with Crippen LogP contribution >= 0.6 is 15.9 Å². The first-order chi connectivity index (χ1) is 8.33. The molecule has 0 spiro atoms. The average Bonchev–Trinajstić information content (AvgIpc) is 2.94. The Morgan fingerprint density at radius 2 is 2.41 bits per heavy atom. The van der Waals surface area contributed by atoms with E-state index in [0.29, 0.717) is 6.04 Å². The van der Waals surface area contributed by atoms with Gasteiger partial charge in [0.1, 0.15) is 0 Å². The first kappa shape index (κ1) is 11.0. The molecule has 3 nitrogen and oxygen atoms in total. The number of aryl methyl sites for hydroxylation is 1. The van der Waals surface area contributed by atoms with E-state index in [1.807, 2.05) is 6.20 Å². The molecule has 0 fully saturated rings. The maximum Gasteiger partial charge on any atom is 0.0922 e. The number of nitrogens with one attached hydrogen (secondary N) is 2. The van der Waals surface area contributed by atoms with Gasteiger partial charge < -0.3 is 10.3 Å². The molecule has 1 aliphatic rings. The Morgan fingerprint density at radius 3 is 3.24 bits per heavy atom. The number of benzene rings is 1. The summed E-state index contributed by atoms with van der Waals surface area (Å²) in [7, 11) is 0. The molecule has 0 aliphatic heterocycles. The Labute approximate surface area is 109 Å². The first-order valence-corrected chi connectivity index (χ1v) is 6.61. The number of H-pyrrole nitrogens is 1. The zero-order chi connectivity index (χ0) is 11.7. The van der Waals surface area contributed by atoms with Crippen LogP contribution < -0.4 is 5.32 Å². The van der Waals surface area contributed by atoms with E-state index in [4.69, 9.17) is 0 Å². The minimum absolute atomic E-state index is 0.464. The van der Waals surface area contributed by atoms with Crippen LogP contribution in [-0.2, 0) is 13.0 Å². The van der Waals surface area contributed by atoms with Crippen LogP contribution in [0.1, 0.15) is 29.3 Å². The highest BCUT2D eigenvalue weighted by molar-refractivity contribution is 9.10. The highest BCUT2D eigenvalue weighted by atomic mass is 79.9. The molecule has 88 valence electrons. The third-order valence-electron chi connectivity index (χ3n) is 3.28. The van der Waals surface area contributed by atoms with Gasteiger partial charge in [-0.25, -0.2) is 4.98 Å². The maximum atomic E-state index is 4.02. The largest absolute Gasteiger partial charge is 0.347 e. The summed E-state index contributed by atoms with van der Waals surface area (Å²) < 4.78 is 1.16. The molecule has 1 aliphatic carbocycles. The maximum absolute atomic E-state index is 4.02. The quantitative estimate of drug-likeness (QED) is 0.913. The average molecular weight is 292 g/mol. The summed E-state index contributed by atoms with van der Waals surface area (Å²) in [6.07, 6.45) is 5.93. The van der Waals surface area contributed by atoms with E-state index in [1.54, 1.807) is 6.33 Å². The lowest BCUT2D eigenvalue weighted by Gasteiger charge is -2.13. The lowest BCUT2D eigenvalue weighted by molar-refractivity contribution is 0.526. The predicted octanol–water partition coefficient (Wildman–Crippen LogP) is 2.95. The van der Waals surface area contributed by atoms with Crippen LogP contribution in [0, 0.1) is 0 Å². The zero-order valence-electron chi connectivity index (χ0n) is 9.41. The zero-order valence-corrected chi connectivity index (χ0v) is 11.0. The van der Waals surface area contributed by atoms with Gasteiger partial charge in [-0.15, -0.1) is 0 Å². The summed E-state index contributed by atoms with van der Waals surface area (Å²) >= 11 is 3.54. The van der Waals surface area contributed by atoms with E-state index in [1.165, 1.54) is 24.0 Å². The minimum Gasteiger partial charge on any atom is -0.347 e. The molecule has 0 bridgehead atoms. The number of aromatic amines is 1. The number of fused-ring (bicyclic) bond motifs is 1. The first-order valence-electron chi connectivity index (χ1n) is 5.82. The van der Waals surface area contributed by atoms with Gasteiger partial charge in [-0.2, -0.15) is 0 Å². The monoisotopic (exact) mass is 291 g/mol. The van der Waals surface area contributed by atoms with Gasteiger partial charge in [0.25, 0.3) is 0 Å². The molecule has 0 radical (unpaired) electrons. The van der Waals surface area contributed by atoms with E-state index >= 15 is 0 Å². The molecule has 2 N–H and O–H groups in total. The van der Waals surface area contributed by atoms with E-state index in [9.17, 15) is 0 Å². The van der Waals surface area contributed by atoms with Crippen LogP contribution in [0.15, 0.2) is 35.2 Å². The summed E-state index contributed by atoms with van der Waals surface area (Å²) in [5.74, 6) is 0. The van der Waals surface area contributed by atoms with Gasteiger partial charge in [-0.1, -0.05) is 22.0 Å². The number of hydrogen-bond donors (Lipinski definition) is 2. The Kier molecular flexibility index (Phi) is 2.99. The third-order valence-corrected chi connectivity index (χ3v) is 3.77. The molecule has 1 aromatic heterocycles. The second kappa shape index (κ2) is 4.63. The van der Waals surface area contributed by atoms with E-state index in [-0.39, 0.29) is 0 Å². The molecule has 17 heavy (non-hydrogen) atoms. The van der Waals surface area contributed by atoms with Crippen molar-refractivity contribution < 1.29 is 0 Å². The molecule has 4 heteroatoms. The van der Waals surface area contributed by atoms with Gasteiger partial charge in [0, 0.05) is 29.0 Å². The van der Waals surface area contributed by atoms with Crippen molar-refractivity contribution in [2.24, 2.45) is 0 Å². The van der Waals surface area contributed by atoms with Gasteiger partial charge in [-0.3, -0.25) is 0 Å². The van der Waals surface area contributed by atoms with E-state index in [0.717, 1.165) is 16.7 Å². The molecule has 2 aromatic rings. The molecular weight excluding hydrogens is 278 g/mol. The van der Waals surface area contributed by atoms with Gasteiger partial charge >= 0.3 is 0 Å². The predicted molar refractivity (Wildman–Crippen MR) is 70.6 cm³/mol. The van der Waals surface area contributed by atoms with Gasteiger partial charge in [0.15, 0.2) is 0 Å². The minimum atomic E-state index is 0.464. The Morgan fingerprint density at radius 1 is 1.47 bits per heavy atom. The van der Waals surface area contributed by atoms with Crippen LogP contribution in [0.25, 0.3) is 0 Å². The van der Waals surface area contributed by atoms with Crippen LogP contribution in [0.3, 0.4) is 0 Å². The topological polar surface area (TPSA) is 40.7 Å². The second-order valence-electron chi connectivity index (χ2n) is 4.39. The van der Waals surface area contributed by atoms with Crippen molar-refractivity contribution in [3.05, 3.63) is 52.0 Å². The van der Waals surface area contributed by atoms with Gasteiger partial charge in [0.05, 0.1) is 6.33 Å². The summed E-state index contributed by atoms with van der Waals surface area (Å²) in [6, 6.07) is 7.03. The molecule has 1 heterocycles. The molecule has 1 atom stereocenters. The number of halogens is 1. The van der Waals surface area contributed by atoms with Gasteiger partial charge in [-0.05, 0) is 36.1 Å². The second-order valence-corrected chi connectivity index (χ2v) is 5.31. The molecule has 1 aromatic carbocycles. The molecule has 1 unspecified atom stereocenters. The van der Waals surface area contributed by atoms with Crippen molar-refractivity contribution in [3.8, 4) is 0 Å². The Balaban J connectivity index is 1.73. The highest BCUT2D eigenvalue weighted by Crippen LogP contribution is 2.33. The van der Waals surface area contributed by atoms with Crippen LogP contribution in [0.4, 0.5) is 0 Å². The third kappa shape index (κ3) is 2.28. The highest BCUT2D eigenvalue weighted by Gasteiger charge is 2.21.